The molecule has 0 aliphatic rings. The molecule has 6 nitrogen and oxygen atoms in total. The van der Waals surface area contributed by atoms with Gasteiger partial charge in [-0.1, -0.05) is 12.1 Å². The average molecular weight is 345 g/mol. The molecule has 0 radical (unpaired) electrons. The zero-order valence-electron chi connectivity index (χ0n) is 14.6. The molecular formula is C20H19N5O. The number of anilines is 3. The lowest BCUT2D eigenvalue weighted by molar-refractivity contribution is 0.475. The number of aromatic hydroxyl groups is 1. The van der Waals surface area contributed by atoms with Gasteiger partial charge in [-0.05, 0) is 48.0 Å². The Morgan fingerprint density at radius 2 is 1.69 bits per heavy atom. The molecule has 0 spiro atoms. The summed E-state index contributed by atoms with van der Waals surface area (Å²) in [6, 6.07) is 17.1. The summed E-state index contributed by atoms with van der Waals surface area (Å²) in [6.07, 6.45) is 3.71. The highest BCUT2D eigenvalue weighted by Gasteiger charge is 2.09. The number of hydrogen-bond donors (Lipinski definition) is 2. The molecular weight excluding hydrogens is 326 g/mol. The maximum atomic E-state index is 9.39. The topological polar surface area (TPSA) is 65.7 Å². The number of aromatic nitrogens is 3. The zero-order chi connectivity index (χ0) is 18.1. The first-order valence-electron chi connectivity index (χ1n) is 8.28. The van der Waals surface area contributed by atoms with Gasteiger partial charge in [0, 0.05) is 37.2 Å². The van der Waals surface area contributed by atoms with E-state index in [1.54, 1.807) is 28.8 Å². The van der Waals surface area contributed by atoms with Crippen molar-refractivity contribution in [1.82, 2.24) is 14.6 Å². The van der Waals surface area contributed by atoms with Gasteiger partial charge in [-0.3, -0.25) is 0 Å². The molecule has 0 unspecified atom stereocenters. The lowest BCUT2D eigenvalue weighted by atomic mass is 10.1. The van der Waals surface area contributed by atoms with Crippen LogP contribution in [0.1, 0.15) is 0 Å². The fourth-order valence-corrected chi connectivity index (χ4v) is 2.77. The van der Waals surface area contributed by atoms with Gasteiger partial charge in [-0.15, -0.1) is 0 Å². The number of phenols is 1. The van der Waals surface area contributed by atoms with Gasteiger partial charge in [-0.2, -0.15) is 5.10 Å². The average Bonchev–Trinajstić information content (AvgIpc) is 3.07. The van der Waals surface area contributed by atoms with E-state index in [0.29, 0.717) is 0 Å². The van der Waals surface area contributed by atoms with Crippen molar-refractivity contribution >= 4 is 22.8 Å². The van der Waals surface area contributed by atoms with Crippen molar-refractivity contribution in [3.63, 3.8) is 0 Å². The van der Waals surface area contributed by atoms with Crippen molar-refractivity contribution in [2.45, 2.75) is 0 Å². The van der Waals surface area contributed by atoms with Crippen LogP contribution in [0.4, 0.5) is 17.2 Å². The Morgan fingerprint density at radius 1 is 0.962 bits per heavy atom. The summed E-state index contributed by atoms with van der Waals surface area (Å²) in [5.41, 5.74) is 4.83. The highest BCUT2D eigenvalue weighted by Crippen LogP contribution is 2.27. The quantitative estimate of drug-likeness (QED) is 0.549. The molecule has 2 aromatic carbocycles. The highest BCUT2D eigenvalue weighted by atomic mass is 16.3. The Labute approximate surface area is 151 Å². The summed E-state index contributed by atoms with van der Waals surface area (Å²) in [6.45, 7) is 0. The molecule has 4 aromatic rings. The second-order valence-electron chi connectivity index (χ2n) is 6.25. The van der Waals surface area contributed by atoms with E-state index in [1.807, 2.05) is 32.6 Å². The molecule has 2 aromatic heterocycles. The van der Waals surface area contributed by atoms with E-state index in [0.717, 1.165) is 34.0 Å². The zero-order valence-corrected chi connectivity index (χ0v) is 14.6. The first-order valence-corrected chi connectivity index (χ1v) is 8.28. The summed E-state index contributed by atoms with van der Waals surface area (Å²) in [7, 11) is 4.04. The van der Waals surface area contributed by atoms with E-state index < -0.39 is 0 Å². The molecule has 0 aliphatic carbocycles. The highest BCUT2D eigenvalue weighted by molar-refractivity contribution is 5.79. The molecule has 0 fully saturated rings. The van der Waals surface area contributed by atoms with E-state index in [2.05, 4.69) is 39.6 Å². The van der Waals surface area contributed by atoms with Gasteiger partial charge in [0.25, 0.3) is 0 Å². The standard InChI is InChI=1S/C20H19N5O/c1-24(2)16-7-3-14(4-8-16)18-13-21-25-12-11-19(23-20(18)25)22-15-5-9-17(26)10-6-15/h3-13,26H,1-2H3,(H,22,23). The maximum Gasteiger partial charge on any atom is 0.165 e. The summed E-state index contributed by atoms with van der Waals surface area (Å²) in [5.74, 6) is 0.952. The normalized spacial score (nSPS) is 10.8. The van der Waals surface area contributed by atoms with Gasteiger partial charge in [0.2, 0.25) is 0 Å². The largest absolute Gasteiger partial charge is 0.508 e. The Morgan fingerprint density at radius 3 is 2.38 bits per heavy atom. The minimum atomic E-state index is 0.234. The van der Waals surface area contributed by atoms with Crippen molar-refractivity contribution in [2.75, 3.05) is 24.3 Å². The molecule has 0 atom stereocenters. The van der Waals surface area contributed by atoms with Crippen LogP contribution in [0.3, 0.4) is 0 Å². The van der Waals surface area contributed by atoms with Crippen LogP contribution in [0.2, 0.25) is 0 Å². The molecule has 0 saturated heterocycles. The number of nitrogens with one attached hydrogen (secondary N) is 1. The number of nitrogens with zero attached hydrogens (tertiary/aromatic N) is 4. The monoisotopic (exact) mass is 345 g/mol. The van der Waals surface area contributed by atoms with Gasteiger partial charge < -0.3 is 15.3 Å². The predicted molar refractivity (Wildman–Crippen MR) is 104 cm³/mol. The fourth-order valence-electron chi connectivity index (χ4n) is 2.77. The number of fused-ring (bicyclic) bond motifs is 1. The maximum absolute atomic E-state index is 9.39. The van der Waals surface area contributed by atoms with Crippen LogP contribution in [-0.2, 0) is 0 Å². The molecule has 0 bridgehead atoms. The van der Waals surface area contributed by atoms with E-state index in [-0.39, 0.29) is 5.75 Å². The molecule has 2 N–H and O–H groups in total. The Kier molecular flexibility index (Phi) is 3.93. The van der Waals surface area contributed by atoms with Crippen molar-refractivity contribution in [1.29, 1.82) is 0 Å². The van der Waals surface area contributed by atoms with Crippen molar-refractivity contribution in [3.8, 4) is 16.9 Å². The third-order valence-electron chi connectivity index (χ3n) is 4.20. The van der Waals surface area contributed by atoms with E-state index in [1.165, 1.54) is 0 Å². The lowest BCUT2D eigenvalue weighted by Gasteiger charge is -2.12. The molecule has 0 aliphatic heterocycles. The minimum absolute atomic E-state index is 0.234. The van der Waals surface area contributed by atoms with Crippen molar-refractivity contribution in [2.24, 2.45) is 0 Å². The smallest absolute Gasteiger partial charge is 0.165 e. The molecule has 0 amide bonds. The van der Waals surface area contributed by atoms with E-state index >= 15 is 0 Å². The van der Waals surface area contributed by atoms with Crippen molar-refractivity contribution < 1.29 is 5.11 Å². The van der Waals surface area contributed by atoms with Crippen LogP contribution in [0.15, 0.2) is 67.0 Å². The number of benzene rings is 2. The number of hydrogen-bond acceptors (Lipinski definition) is 5. The van der Waals surface area contributed by atoms with Gasteiger partial charge >= 0.3 is 0 Å². The molecule has 26 heavy (non-hydrogen) atoms. The fraction of sp³-hybridized carbons (Fsp3) is 0.100. The van der Waals surface area contributed by atoms with Crippen molar-refractivity contribution in [3.05, 3.63) is 67.0 Å². The molecule has 6 heteroatoms. The van der Waals surface area contributed by atoms with Crippen LogP contribution in [0.25, 0.3) is 16.8 Å². The predicted octanol–water partition coefficient (Wildman–Crippen LogP) is 3.91. The number of rotatable bonds is 4. The second kappa shape index (κ2) is 6.40. The summed E-state index contributed by atoms with van der Waals surface area (Å²) < 4.78 is 1.76. The number of phenolic OH excluding ortho intramolecular Hbond substituents is 1. The summed E-state index contributed by atoms with van der Waals surface area (Å²) >= 11 is 0. The van der Waals surface area contributed by atoms with E-state index in [9.17, 15) is 5.11 Å². The van der Waals surface area contributed by atoms with Gasteiger partial charge in [0.15, 0.2) is 5.65 Å². The Balaban J connectivity index is 1.69. The van der Waals surface area contributed by atoms with Crippen LogP contribution in [0, 0.1) is 0 Å². The SMILES string of the molecule is CN(C)c1ccc(-c2cnn3ccc(Nc4ccc(O)cc4)nc23)cc1. The van der Waals surface area contributed by atoms with Gasteiger partial charge in [0.05, 0.1) is 6.20 Å². The first kappa shape index (κ1) is 16.0. The van der Waals surface area contributed by atoms with Crippen LogP contribution < -0.4 is 10.2 Å². The van der Waals surface area contributed by atoms with Crippen LogP contribution in [0.5, 0.6) is 5.75 Å². The van der Waals surface area contributed by atoms with Gasteiger partial charge in [-0.25, -0.2) is 9.50 Å². The Hall–Kier alpha value is -3.54. The van der Waals surface area contributed by atoms with Gasteiger partial charge in [0.1, 0.15) is 11.6 Å². The van der Waals surface area contributed by atoms with Crippen LogP contribution >= 0.6 is 0 Å². The summed E-state index contributed by atoms with van der Waals surface area (Å²) in [4.78, 5) is 6.77. The lowest BCUT2D eigenvalue weighted by Crippen LogP contribution is -2.07. The van der Waals surface area contributed by atoms with E-state index in [4.69, 9.17) is 4.98 Å². The van der Waals surface area contributed by atoms with Crippen LogP contribution in [-0.4, -0.2) is 33.8 Å². The first-order chi connectivity index (χ1) is 12.6. The third kappa shape index (κ3) is 3.04. The Bertz CT molecular complexity index is 1040. The molecule has 130 valence electrons. The minimum Gasteiger partial charge on any atom is -0.508 e. The molecule has 2 heterocycles. The second-order valence-corrected chi connectivity index (χ2v) is 6.25. The third-order valence-corrected chi connectivity index (χ3v) is 4.20. The molecule has 0 saturated carbocycles. The molecule has 4 rings (SSSR count). The summed E-state index contributed by atoms with van der Waals surface area (Å²) in [5, 5.41) is 17.0.